The number of aromatic amines is 2. The van der Waals surface area contributed by atoms with E-state index in [0.29, 0.717) is 17.9 Å². The number of hydrogen-bond donors (Lipinski definition) is 3. The Kier molecular flexibility index (Phi) is 5.16. The van der Waals surface area contributed by atoms with Crippen molar-refractivity contribution in [2.45, 2.75) is 39.5 Å². The van der Waals surface area contributed by atoms with Crippen molar-refractivity contribution in [2.75, 3.05) is 0 Å². The molecule has 0 saturated carbocycles. The average Bonchev–Trinajstić information content (AvgIpc) is 2.92. The number of aromatic nitrogens is 2. The quantitative estimate of drug-likeness (QED) is 0.764. The van der Waals surface area contributed by atoms with Gasteiger partial charge in [0.1, 0.15) is 0 Å². The Morgan fingerprint density at radius 1 is 1.18 bits per heavy atom. The Bertz CT molecular complexity index is 670. The molecular formula is C16H21N3O3. The highest BCUT2D eigenvalue weighted by molar-refractivity contribution is 5.94. The van der Waals surface area contributed by atoms with E-state index in [2.05, 4.69) is 15.5 Å². The van der Waals surface area contributed by atoms with E-state index in [1.54, 1.807) is 12.1 Å². The zero-order valence-electron chi connectivity index (χ0n) is 13.0. The van der Waals surface area contributed by atoms with Gasteiger partial charge >= 0.3 is 0 Å². The lowest BCUT2D eigenvalue weighted by Gasteiger charge is -2.12. The SMILES string of the molecule is CC(C)OCc1ccc(C(=O)NC(C)c2cc(=O)[nH][nH]2)cc1. The molecule has 0 fully saturated rings. The lowest BCUT2D eigenvalue weighted by Crippen LogP contribution is -2.26. The average molecular weight is 303 g/mol. The van der Waals surface area contributed by atoms with Gasteiger partial charge in [0.05, 0.1) is 24.4 Å². The third kappa shape index (κ3) is 4.33. The summed E-state index contributed by atoms with van der Waals surface area (Å²) in [6.07, 6.45) is 0.173. The summed E-state index contributed by atoms with van der Waals surface area (Å²) >= 11 is 0. The van der Waals surface area contributed by atoms with Crippen LogP contribution in [0.15, 0.2) is 35.1 Å². The topological polar surface area (TPSA) is 87.0 Å². The van der Waals surface area contributed by atoms with Crippen molar-refractivity contribution in [1.82, 2.24) is 15.5 Å². The van der Waals surface area contributed by atoms with Crippen molar-refractivity contribution in [3.8, 4) is 0 Å². The molecule has 0 bridgehead atoms. The minimum absolute atomic E-state index is 0.173. The predicted molar refractivity (Wildman–Crippen MR) is 83.7 cm³/mol. The lowest BCUT2D eigenvalue weighted by molar-refractivity contribution is 0.0656. The van der Waals surface area contributed by atoms with E-state index in [9.17, 15) is 9.59 Å². The van der Waals surface area contributed by atoms with Crippen molar-refractivity contribution in [1.29, 1.82) is 0 Å². The number of ether oxygens (including phenoxy) is 1. The summed E-state index contributed by atoms with van der Waals surface area (Å²) in [5, 5.41) is 8.01. The van der Waals surface area contributed by atoms with Crippen LogP contribution in [0, 0.1) is 0 Å². The van der Waals surface area contributed by atoms with Crippen molar-refractivity contribution < 1.29 is 9.53 Å². The Hall–Kier alpha value is -2.34. The van der Waals surface area contributed by atoms with E-state index in [4.69, 9.17) is 4.74 Å². The van der Waals surface area contributed by atoms with Crippen LogP contribution in [0.25, 0.3) is 0 Å². The fraction of sp³-hybridized carbons (Fsp3) is 0.375. The van der Waals surface area contributed by atoms with E-state index in [0.717, 1.165) is 5.56 Å². The molecule has 0 aliphatic heterocycles. The van der Waals surface area contributed by atoms with Gasteiger partial charge < -0.3 is 15.2 Å². The highest BCUT2D eigenvalue weighted by Gasteiger charge is 2.13. The summed E-state index contributed by atoms with van der Waals surface area (Å²) in [4.78, 5) is 23.3. The molecule has 3 N–H and O–H groups in total. The zero-order valence-corrected chi connectivity index (χ0v) is 13.0. The maximum Gasteiger partial charge on any atom is 0.264 e. The molecule has 1 aromatic carbocycles. The van der Waals surface area contributed by atoms with Crippen LogP contribution in [0.5, 0.6) is 0 Å². The smallest absolute Gasteiger partial charge is 0.264 e. The Morgan fingerprint density at radius 3 is 2.41 bits per heavy atom. The first kappa shape index (κ1) is 16.0. The Morgan fingerprint density at radius 2 is 1.86 bits per heavy atom. The maximum absolute atomic E-state index is 12.2. The van der Waals surface area contributed by atoms with Gasteiger partial charge in [-0.25, -0.2) is 0 Å². The molecule has 0 saturated heterocycles. The van der Waals surface area contributed by atoms with Crippen LogP contribution >= 0.6 is 0 Å². The monoisotopic (exact) mass is 303 g/mol. The molecule has 0 aliphatic carbocycles. The molecule has 1 heterocycles. The molecule has 0 spiro atoms. The van der Waals surface area contributed by atoms with Crippen molar-refractivity contribution >= 4 is 5.91 Å². The highest BCUT2D eigenvalue weighted by atomic mass is 16.5. The van der Waals surface area contributed by atoms with Gasteiger partial charge in [0.2, 0.25) is 0 Å². The molecule has 2 rings (SSSR count). The second kappa shape index (κ2) is 7.09. The lowest BCUT2D eigenvalue weighted by atomic mass is 10.1. The van der Waals surface area contributed by atoms with Gasteiger partial charge in [0, 0.05) is 11.6 Å². The van der Waals surface area contributed by atoms with Crippen molar-refractivity contribution in [3.05, 3.63) is 57.5 Å². The molecule has 0 radical (unpaired) electrons. The van der Waals surface area contributed by atoms with Crippen LogP contribution in [-0.4, -0.2) is 22.2 Å². The van der Waals surface area contributed by atoms with E-state index < -0.39 is 0 Å². The molecule has 6 nitrogen and oxygen atoms in total. The predicted octanol–water partition coefficient (Wildman–Crippen LogP) is 2.12. The first-order chi connectivity index (χ1) is 10.5. The zero-order chi connectivity index (χ0) is 16.1. The number of amides is 1. The molecule has 1 amide bonds. The number of rotatable bonds is 6. The first-order valence-corrected chi connectivity index (χ1v) is 7.24. The molecule has 118 valence electrons. The van der Waals surface area contributed by atoms with Gasteiger partial charge in [-0.05, 0) is 38.5 Å². The number of carbonyl (C=O) groups excluding carboxylic acids is 1. The van der Waals surface area contributed by atoms with Gasteiger partial charge in [0.15, 0.2) is 0 Å². The van der Waals surface area contributed by atoms with Crippen LogP contribution in [0.1, 0.15) is 48.4 Å². The summed E-state index contributed by atoms with van der Waals surface area (Å²) < 4.78 is 5.52. The van der Waals surface area contributed by atoms with Crippen LogP contribution in [-0.2, 0) is 11.3 Å². The summed E-state index contributed by atoms with van der Waals surface area (Å²) in [6, 6.07) is 8.43. The fourth-order valence-electron chi connectivity index (χ4n) is 1.95. The Balaban J connectivity index is 1.96. The van der Waals surface area contributed by atoms with Crippen LogP contribution < -0.4 is 10.9 Å². The number of hydrogen-bond acceptors (Lipinski definition) is 3. The molecule has 1 atom stereocenters. The third-order valence-electron chi connectivity index (χ3n) is 3.23. The number of carbonyl (C=O) groups is 1. The van der Waals surface area contributed by atoms with Gasteiger partial charge in [-0.2, -0.15) is 0 Å². The van der Waals surface area contributed by atoms with E-state index in [-0.39, 0.29) is 23.6 Å². The number of nitrogens with one attached hydrogen (secondary N) is 3. The van der Waals surface area contributed by atoms with E-state index >= 15 is 0 Å². The molecule has 1 unspecified atom stereocenters. The standard InChI is InChI=1S/C16H21N3O3/c1-10(2)22-9-12-4-6-13(7-5-12)16(21)17-11(3)14-8-15(20)19-18-14/h4-8,10-11H,9H2,1-3H3,(H,17,21)(H2,18,19,20). The van der Waals surface area contributed by atoms with Gasteiger partial charge in [-0.15, -0.1) is 0 Å². The van der Waals surface area contributed by atoms with E-state index in [1.807, 2.05) is 32.9 Å². The molecular weight excluding hydrogens is 282 g/mol. The summed E-state index contributed by atoms with van der Waals surface area (Å²) in [6.45, 7) is 6.30. The number of H-pyrrole nitrogens is 2. The molecule has 2 aromatic rings. The van der Waals surface area contributed by atoms with Crippen LogP contribution in [0.2, 0.25) is 0 Å². The van der Waals surface area contributed by atoms with Crippen molar-refractivity contribution in [3.63, 3.8) is 0 Å². The largest absolute Gasteiger partial charge is 0.374 e. The normalized spacial score (nSPS) is 12.4. The summed E-state index contributed by atoms with van der Waals surface area (Å²) in [5.41, 5.74) is 2.01. The summed E-state index contributed by atoms with van der Waals surface area (Å²) in [5.74, 6) is -0.189. The summed E-state index contributed by atoms with van der Waals surface area (Å²) in [7, 11) is 0. The van der Waals surface area contributed by atoms with Gasteiger partial charge in [-0.3, -0.25) is 14.7 Å². The minimum atomic E-state index is -0.282. The second-order valence-corrected chi connectivity index (χ2v) is 5.47. The first-order valence-electron chi connectivity index (χ1n) is 7.24. The minimum Gasteiger partial charge on any atom is -0.374 e. The van der Waals surface area contributed by atoms with Crippen LogP contribution in [0.3, 0.4) is 0 Å². The highest BCUT2D eigenvalue weighted by Crippen LogP contribution is 2.10. The molecule has 22 heavy (non-hydrogen) atoms. The van der Waals surface area contributed by atoms with Crippen molar-refractivity contribution in [2.24, 2.45) is 0 Å². The van der Waals surface area contributed by atoms with Crippen LogP contribution in [0.4, 0.5) is 0 Å². The fourth-order valence-corrected chi connectivity index (χ4v) is 1.95. The second-order valence-electron chi connectivity index (χ2n) is 5.47. The molecule has 6 heteroatoms. The molecule has 0 aliphatic rings. The maximum atomic E-state index is 12.2. The Labute approximate surface area is 128 Å². The van der Waals surface area contributed by atoms with E-state index in [1.165, 1.54) is 6.07 Å². The van der Waals surface area contributed by atoms with Gasteiger partial charge in [-0.1, -0.05) is 12.1 Å². The number of benzene rings is 1. The molecule has 1 aromatic heterocycles. The third-order valence-corrected chi connectivity index (χ3v) is 3.23. The van der Waals surface area contributed by atoms with Gasteiger partial charge in [0.25, 0.3) is 11.5 Å².